The standard InChI is InChI=1S/C20H18Cl2N2O2S/c21-15-6-3-5-14(18(15)22)19(25)23-8-10-24(11-9-23)20(26)17-12-13-4-1-2-7-16(13)27-17/h1-7,17H,8-12H2. The summed E-state index contributed by atoms with van der Waals surface area (Å²) in [5.41, 5.74) is 1.65. The summed E-state index contributed by atoms with van der Waals surface area (Å²) in [6, 6.07) is 13.2. The molecule has 0 radical (unpaired) electrons. The third-order valence-corrected chi connectivity index (χ3v) is 7.11. The number of carbonyl (C=O) groups excluding carboxylic acids is 2. The van der Waals surface area contributed by atoms with Crippen LogP contribution in [0, 0.1) is 0 Å². The van der Waals surface area contributed by atoms with Crippen LogP contribution in [0.4, 0.5) is 0 Å². The van der Waals surface area contributed by atoms with Crippen LogP contribution in [-0.2, 0) is 11.2 Å². The van der Waals surface area contributed by atoms with Crippen molar-refractivity contribution in [3.05, 3.63) is 63.6 Å². The number of piperazine rings is 1. The highest BCUT2D eigenvalue weighted by Crippen LogP contribution is 2.37. The van der Waals surface area contributed by atoms with E-state index in [9.17, 15) is 9.59 Å². The Bertz CT molecular complexity index is 872. The third-order valence-electron chi connectivity index (χ3n) is 4.98. The van der Waals surface area contributed by atoms with E-state index in [2.05, 4.69) is 12.1 Å². The van der Waals surface area contributed by atoms with Gasteiger partial charge in [0.2, 0.25) is 5.91 Å². The van der Waals surface area contributed by atoms with Gasteiger partial charge < -0.3 is 9.80 Å². The second-order valence-corrected chi connectivity index (χ2v) is 8.67. The maximum Gasteiger partial charge on any atom is 0.255 e. The highest BCUT2D eigenvalue weighted by atomic mass is 35.5. The molecule has 27 heavy (non-hydrogen) atoms. The van der Waals surface area contributed by atoms with Crippen molar-refractivity contribution < 1.29 is 9.59 Å². The molecule has 0 bridgehead atoms. The topological polar surface area (TPSA) is 40.6 Å². The van der Waals surface area contributed by atoms with Crippen LogP contribution in [0.15, 0.2) is 47.4 Å². The normalized spacial score (nSPS) is 19.1. The molecular formula is C20H18Cl2N2O2S. The molecule has 1 fully saturated rings. The Labute approximate surface area is 172 Å². The minimum Gasteiger partial charge on any atom is -0.338 e. The zero-order chi connectivity index (χ0) is 19.0. The lowest BCUT2D eigenvalue weighted by atomic mass is 10.1. The van der Waals surface area contributed by atoms with E-state index in [0.717, 1.165) is 6.42 Å². The van der Waals surface area contributed by atoms with Gasteiger partial charge in [0.05, 0.1) is 20.9 Å². The number of benzene rings is 2. The Morgan fingerprint density at radius 1 is 0.926 bits per heavy atom. The molecule has 7 heteroatoms. The van der Waals surface area contributed by atoms with Crippen LogP contribution in [0.5, 0.6) is 0 Å². The van der Waals surface area contributed by atoms with Crippen molar-refractivity contribution in [3.8, 4) is 0 Å². The van der Waals surface area contributed by atoms with Gasteiger partial charge in [0.25, 0.3) is 5.91 Å². The summed E-state index contributed by atoms with van der Waals surface area (Å²) in [7, 11) is 0. The molecule has 140 valence electrons. The number of fused-ring (bicyclic) bond motifs is 1. The number of amides is 2. The summed E-state index contributed by atoms with van der Waals surface area (Å²) < 4.78 is 0. The van der Waals surface area contributed by atoms with E-state index >= 15 is 0 Å². The first-order valence-corrected chi connectivity index (χ1v) is 10.4. The molecule has 2 amide bonds. The molecule has 1 saturated heterocycles. The Morgan fingerprint density at radius 2 is 1.63 bits per heavy atom. The second-order valence-electron chi connectivity index (χ2n) is 6.64. The number of rotatable bonds is 2. The minimum absolute atomic E-state index is 0.0629. The Morgan fingerprint density at radius 3 is 2.37 bits per heavy atom. The highest BCUT2D eigenvalue weighted by molar-refractivity contribution is 8.01. The average molecular weight is 421 g/mol. The van der Waals surface area contributed by atoms with Crippen LogP contribution in [0.2, 0.25) is 10.0 Å². The van der Waals surface area contributed by atoms with Gasteiger partial charge in [-0.25, -0.2) is 0 Å². The molecule has 0 aromatic heterocycles. The number of thioether (sulfide) groups is 1. The fraction of sp³-hybridized carbons (Fsp3) is 0.300. The molecule has 0 aliphatic carbocycles. The monoisotopic (exact) mass is 420 g/mol. The van der Waals surface area contributed by atoms with E-state index in [1.807, 2.05) is 17.0 Å². The molecule has 0 saturated carbocycles. The largest absolute Gasteiger partial charge is 0.338 e. The van der Waals surface area contributed by atoms with Gasteiger partial charge in [0.15, 0.2) is 0 Å². The van der Waals surface area contributed by atoms with E-state index in [0.29, 0.717) is 36.8 Å². The predicted octanol–water partition coefficient (Wildman–Crippen LogP) is 3.99. The van der Waals surface area contributed by atoms with E-state index in [4.69, 9.17) is 23.2 Å². The zero-order valence-corrected chi connectivity index (χ0v) is 16.9. The summed E-state index contributed by atoms with van der Waals surface area (Å²) in [4.78, 5) is 30.4. The number of carbonyl (C=O) groups is 2. The van der Waals surface area contributed by atoms with Crippen molar-refractivity contribution in [2.24, 2.45) is 0 Å². The third kappa shape index (κ3) is 3.68. The van der Waals surface area contributed by atoms with Crippen molar-refractivity contribution in [1.29, 1.82) is 0 Å². The minimum atomic E-state index is -0.141. The lowest BCUT2D eigenvalue weighted by molar-refractivity contribution is -0.132. The second kappa shape index (κ2) is 7.74. The van der Waals surface area contributed by atoms with E-state index < -0.39 is 0 Å². The molecule has 1 atom stereocenters. The van der Waals surface area contributed by atoms with Crippen molar-refractivity contribution in [2.45, 2.75) is 16.6 Å². The van der Waals surface area contributed by atoms with Crippen LogP contribution in [-0.4, -0.2) is 53.0 Å². The molecule has 4 rings (SSSR count). The summed E-state index contributed by atoms with van der Waals surface area (Å²) in [5.74, 6) is 0.0151. The van der Waals surface area contributed by atoms with Crippen molar-refractivity contribution in [3.63, 3.8) is 0 Å². The van der Waals surface area contributed by atoms with Crippen LogP contribution < -0.4 is 0 Å². The molecule has 2 heterocycles. The summed E-state index contributed by atoms with van der Waals surface area (Å²) in [6.45, 7) is 2.07. The van der Waals surface area contributed by atoms with Crippen LogP contribution in [0.3, 0.4) is 0 Å². The van der Waals surface area contributed by atoms with Gasteiger partial charge in [-0.2, -0.15) is 0 Å². The molecule has 2 aliphatic heterocycles. The quantitative estimate of drug-likeness (QED) is 0.736. The fourth-order valence-corrected chi connectivity index (χ4v) is 5.15. The van der Waals surface area contributed by atoms with Crippen molar-refractivity contribution >= 4 is 46.8 Å². The van der Waals surface area contributed by atoms with Crippen molar-refractivity contribution in [2.75, 3.05) is 26.2 Å². The van der Waals surface area contributed by atoms with Gasteiger partial charge in [-0.3, -0.25) is 9.59 Å². The Hall–Kier alpha value is -1.69. The SMILES string of the molecule is O=C(c1cccc(Cl)c1Cl)N1CCN(C(=O)C2Cc3ccccc3S2)CC1. The maximum absolute atomic E-state index is 12.9. The van der Waals surface area contributed by atoms with E-state index in [1.165, 1.54) is 10.5 Å². The summed E-state index contributed by atoms with van der Waals surface area (Å²) >= 11 is 13.8. The first-order chi connectivity index (χ1) is 13.0. The lowest BCUT2D eigenvalue weighted by Crippen LogP contribution is -2.52. The van der Waals surface area contributed by atoms with Gasteiger partial charge in [0.1, 0.15) is 0 Å². The molecule has 2 aromatic rings. The Kier molecular flexibility index (Phi) is 5.35. The van der Waals surface area contributed by atoms with Gasteiger partial charge in [0, 0.05) is 31.1 Å². The van der Waals surface area contributed by atoms with Crippen LogP contribution >= 0.6 is 35.0 Å². The van der Waals surface area contributed by atoms with E-state index in [1.54, 1.807) is 34.9 Å². The molecule has 0 N–H and O–H groups in total. The molecule has 2 aliphatic rings. The molecule has 1 unspecified atom stereocenters. The Balaban J connectivity index is 1.37. The van der Waals surface area contributed by atoms with E-state index in [-0.39, 0.29) is 22.1 Å². The van der Waals surface area contributed by atoms with Gasteiger partial charge in [-0.1, -0.05) is 47.5 Å². The predicted molar refractivity (Wildman–Crippen MR) is 109 cm³/mol. The first-order valence-electron chi connectivity index (χ1n) is 8.81. The summed E-state index contributed by atoms with van der Waals surface area (Å²) in [6.07, 6.45) is 0.775. The molecule has 4 nitrogen and oxygen atoms in total. The van der Waals surface area contributed by atoms with Gasteiger partial charge in [-0.05, 0) is 30.2 Å². The number of halogens is 2. The fourth-order valence-electron chi connectivity index (χ4n) is 3.49. The molecule has 2 aromatic carbocycles. The number of nitrogens with zero attached hydrogens (tertiary/aromatic N) is 2. The maximum atomic E-state index is 12.9. The lowest BCUT2D eigenvalue weighted by Gasteiger charge is -2.36. The first kappa shape index (κ1) is 18.7. The summed E-state index contributed by atoms with van der Waals surface area (Å²) in [5, 5.41) is 0.587. The molecular weight excluding hydrogens is 403 g/mol. The average Bonchev–Trinajstić information content (AvgIpc) is 3.13. The van der Waals surface area contributed by atoms with Crippen LogP contribution in [0.25, 0.3) is 0 Å². The zero-order valence-electron chi connectivity index (χ0n) is 14.5. The molecule has 0 spiro atoms. The highest BCUT2D eigenvalue weighted by Gasteiger charge is 2.33. The van der Waals surface area contributed by atoms with Gasteiger partial charge in [-0.15, -0.1) is 11.8 Å². The van der Waals surface area contributed by atoms with Crippen LogP contribution in [0.1, 0.15) is 15.9 Å². The smallest absolute Gasteiger partial charge is 0.255 e. The number of hydrogen-bond acceptors (Lipinski definition) is 3. The van der Waals surface area contributed by atoms with Crippen molar-refractivity contribution in [1.82, 2.24) is 9.80 Å². The van der Waals surface area contributed by atoms with Gasteiger partial charge >= 0.3 is 0 Å². The number of hydrogen-bond donors (Lipinski definition) is 0.